The van der Waals surface area contributed by atoms with Crippen LogP contribution < -0.4 is 10.5 Å². The van der Waals surface area contributed by atoms with Gasteiger partial charge in [-0.2, -0.15) is 0 Å². The predicted molar refractivity (Wildman–Crippen MR) is 84.9 cm³/mol. The number of primary sulfonamides is 1. The number of rotatable bonds is 3. The molecule has 20 heavy (non-hydrogen) atoms. The molecule has 7 heteroatoms. The Labute approximate surface area is 130 Å². The second-order valence-corrected chi connectivity index (χ2v) is 6.78. The predicted octanol–water partition coefficient (Wildman–Crippen LogP) is 2.19. The van der Waals surface area contributed by atoms with Gasteiger partial charge in [-0.05, 0) is 52.9 Å². The summed E-state index contributed by atoms with van der Waals surface area (Å²) in [6.45, 7) is 0. The van der Waals surface area contributed by atoms with Gasteiger partial charge >= 0.3 is 0 Å². The molecule has 0 saturated heterocycles. The van der Waals surface area contributed by atoms with Crippen LogP contribution in [0.25, 0.3) is 0 Å². The maximum atomic E-state index is 12.1. The van der Waals surface area contributed by atoms with Crippen molar-refractivity contribution in [2.45, 2.75) is 4.90 Å². The Morgan fingerprint density at radius 1 is 1.10 bits per heavy atom. The molecule has 0 saturated carbocycles. The first-order valence-electron chi connectivity index (χ1n) is 5.56. The van der Waals surface area contributed by atoms with E-state index in [4.69, 9.17) is 5.14 Å². The summed E-state index contributed by atoms with van der Waals surface area (Å²) in [5.41, 5.74) is 0.611. The van der Waals surface area contributed by atoms with Gasteiger partial charge in [0, 0.05) is 9.13 Å². The molecule has 0 heterocycles. The third-order valence-corrected chi connectivity index (χ3v) is 4.17. The number of hydrogen-bond donors (Lipinski definition) is 2. The van der Waals surface area contributed by atoms with Gasteiger partial charge in [-0.1, -0.05) is 18.2 Å². The van der Waals surface area contributed by atoms with Crippen LogP contribution in [0.5, 0.6) is 0 Å². The summed E-state index contributed by atoms with van der Waals surface area (Å²) < 4.78 is 23.8. The van der Waals surface area contributed by atoms with Crippen LogP contribution in [0.15, 0.2) is 53.4 Å². The van der Waals surface area contributed by atoms with Gasteiger partial charge in [-0.15, -0.1) is 0 Å². The molecule has 2 rings (SSSR count). The number of nitrogens with two attached hydrogens (primary N) is 1. The van der Waals surface area contributed by atoms with E-state index in [2.05, 4.69) is 27.9 Å². The first-order valence-corrected chi connectivity index (χ1v) is 8.19. The maximum absolute atomic E-state index is 12.1. The van der Waals surface area contributed by atoms with E-state index < -0.39 is 10.0 Å². The fourth-order valence-corrected chi connectivity index (χ4v) is 2.88. The van der Waals surface area contributed by atoms with Crippen LogP contribution in [0, 0.1) is 3.57 Å². The van der Waals surface area contributed by atoms with Gasteiger partial charge < -0.3 is 5.32 Å². The van der Waals surface area contributed by atoms with Crippen molar-refractivity contribution in [3.8, 4) is 0 Å². The summed E-state index contributed by atoms with van der Waals surface area (Å²) in [6, 6.07) is 13.0. The molecular formula is C13H11IN2O3S. The van der Waals surface area contributed by atoms with Crippen molar-refractivity contribution in [2.75, 3.05) is 5.32 Å². The molecule has 0 spiro atoms. The highest BCUT2D eigenvalue weighted by Crippen LogP contribution is 2.20. The van der Waals surface area contributed by atoms with E-state index in [1.807, 2.05) is 6.07 Å². The zero-order valence-electron chi connectivity index (χ0n) is 10.2. The van der Waals surface area contributed by atoms with Crippen molar-refractivity contribution in [3.63, 3.8) is 0 Å². The standard InChI is InChI=1S/C13H11IN2O3S/c14-10-5-3-4-9(8-10)13(17)16-11-6-1-2-7-12(11)20(15,18)19/h1-8H,(H,16,17)(H2,15,18,19). The third kappa shape index (κ3) is 3.56. The van der Waals surface area contributed by atoms with Crippen LogP contribution in [0.1, 0.15) is 10.4 Å². The largest absolute Gasteiger partial charge is 0.321 e. The van der Waals surface area contributed by atoms with Crippen molar-refractivity contribution in [1.82, 2.24) is 0 Å². The fraction of sp³-hybridized carbons (Fsp3) is 0. The molecule has 1 amide bonds. The van der Waals surface area contributed by atoms with Crippen molar-refractivity contribution >= 4 is 44.2 Å². The second-order valence-electron chi connectivity index (χ2n) is 4.01. The minimum absolute atomic E-state index is 0.112. The number of hydrogen-bond acceptors (Lipinski definition) is 3. The van der Waals surface area contributed by atoms with Crippen LogP contribution in [0.4, 0.5) is 5.69 Å². The van der Waals surface area contributed by atoms with Crippen molar-refractivity contribution in [3.05, 3.63) is 57.7 Å². The Kier molecular flexibility index (Phi) is 4.41. The normalized spacial score (nSPS) is 11.1. The van der Waals surface area contributed by atoms with Crippen LogP contribution in [-0.2, 0) is 10.0 Å². The zero-order valence-corrected chi connectivity index (χ0v) is 13.2. The van der Waals surface area contributed by atoms with Crippen molar-refractivity contribution in [2.24, 2.45) is 5.14 Å². The average Bonchev–Trinajstić information content (AvgIpc) is 2.38. The van der Waals surface area contributed by atoms with Gasteiger partial charge in [-0.25, -0.2) is 13.6 Å². The van der Waals surface area contributed by atoms with E-state index in [9.17, 15) is 13.2 Å². The van der Waals surface area contributed by atoms with E-state index in [-0.39, 0.29) is 16.5 Å². The summed E-state index contributed by atoms with van der Waals surface area (Å²) >= 11 is 2.09. The molecule has 2 aromatic rings. The lowest BCUT2D eigenvalue weighted by molar-refractivity contribution is 0.102. The molecule has 2 aromatic carbocycles. The maximum Gasteiger partial charge on any atom is 0.255 e. The molecule has 0 atom stereocenters. The van der Waals surface area contributed by atoms with Crippen molar-refractivity contribution < 1.29 is 13.2 Å². The van der Waals surface area contributed by atoms with Crippen molar-refractivity contribution in [1.29, 1.82) is 0 Å². The van der Waals surface area contributed by atoms with Crippen LogP contribution >= 0.6 is 22.6 Å². The Morgan fingerprint density at radius 2 is 1.80 bits per heavy atom. The molecule has 0 bridgehead atoms. The van der Waals surface area contributed by atoms with Gasteiger partial charge in [0.1, 0.15) is 4.90 Å². The summed E-state index contributed by atoms with van der Waals surface area (Å²) in [5.74, 6) is -0.389. The Hall–Kier alpha value is -1.45. The Bertz CT molecular complexity index is 760. The van der Waals surface area contributed by atoms with Gasteiger partial charge in [-0.3, -0.25) is 4.79 Å². The van der Waals surface area contributed by atoms with E-state index in [1.165, 1.54) is 12.1 Å². The number of anilines is 1. The number of carbonyl (C=O) groups is 1. The molecule has 0 fully saturated rings. The van der Waals surface area contributed by atoms with E-state index in [0.29, 0.717) is 5.56 Å². The smallest absolute Gasteiger partial charge is 0.255 e. The quantitative estimate of drug-likeness (QED) is 0.772. The molecule has 0 aromatic heterocycles. The van der Waals surface area contributed by atoms with Crippen LogP contribution in [-0.4, -0.2) is 14.3 Å². The number of para-hydroxylation sites is 1. The minimum Gasteiger partial charge on any atom is -0.321 e. The molecule has 5 nitrogen and oxygen atoms in total. The van der Waals surface area contributed by atoms with Crippen LogP contribution in [0.3, 0.4) is 0 Å². The molecule has 0 unspecified atom stereocenters. The average molecular weight is 402 g/mol. The lowest BCUT2D eigenvalue weighted by Crippen LogP contribution is -2.18. The Balaban J connectivity index is 2.34. The number of halogens is 1. The van der Waals surface area contributed by atoms with E-state index in [0.717, 1.165) is 3.57 Å². The summed E-state index contributed by atoms with van der Waals surface area (Å²) in [5, 5.41) is 7.67. The molecule has 0 aliphatic rings. The SMILES string of the molecule is NS(=O)(=O)c1ccccc1NC(=O)c1cccc(I)c1. The molecule has 3 N–H and O–H groups in total. The zero-order chi connectivity index (χ0) is 14.8. The summed E-state index contributed by atoms with van der Waals surface area (Å²) in [4.78, 5) is 12.0. The summed E-state index contributed by atoms with van der Waals surface area (Å²) in [7, 11) is -3.89. The number of sulfonamides is 1. The van der Waals surface area contributed by atoms with Gasteiger partial charge in [0.2, 0.25) is 10.0 Å². The second kappa shape index (κ2) is 5.90. The number of benzene rings is 2. The molecule has 104 valence electrons. The van der Waals surface area contributed by atoms with Gasteiger partial charge in [0.05, 0.1) is 5.69 Å². The highest BCUT2D eigenvalue weighted by molar-refractivity contribution is 14.1. The first-order chi connectivity index (χ1) is 9.38. The lowest BCUT2D eigenvalue weighted by Gasteiger charge is -2.09. The Morgan fingerprint density at radius 3 is 2.45 bits per heavy atom. The highest BCUT2D eigenvalue weighted by Gasteiger charge is 2.15. The van der Waals surface area contributed by atoms with Crippen LogP contribution in [0.2, 0.25) is 0 Å². The fourth-order valence-electron chi connectivity index (χ4n) is 1.64. The molecular weight excluding hydrogens is 391 g/mol. The minimum atomic E-state index is -3.89. The first kappa shape index (κ1) is 14.9. The van der Waals surface area contributed by atoms with E-state index >= 15 is 0 Å². The topological polar surface area (TPSA) is 89.3 Å². The number of nitrogens with one attached hydrogen (secondary N) is 1. The summed E-state index contributed by atoms with van der Waals surface area (Å²) in [6.07, 6.45) is 0. The number of carbonyl (C=O) groups excluding carboxylic acids is 1. The van der Waals surface area contributed by atoms with Gasteiger partial charge in [0.25, 0.3) is 5.91 Å². The number of amides is 1. The molecule has 0 radical (unpaired) electrons. The molecule has 0 aliphatic carbocycles. The van der Waals surface area contributed by atoms with E-state index in [1.54, 1.807) is 30.3 Å². The molecule has 0 aliphatic heterocycles. The van der Waals surface area contributed by atoms with Gasteiger partial charge in [0.15, 0.2) is 0 Å². The third-order valence-electron chi connectivity index (χ3n) is 2.53. The lowest BCUT2D eigenvalue weighted by atomic mass is 10.2. The highest BCUT2D eigenvalue weighted by atomic mass is 127. The monoisotopic (exact) mass is 402 g/mol.